The van der Waals surface area contributed by atoms with Crippen molar-refractivity contribution in [3.05, 3.63) is 71.0 Å². The number of hydrogen-bond donors (Lipinski definition) is 0. The molecule has 130 valence electrons. The van der Waals surface area contributed by atoms with Gasteiger partial charge in [-0.2, -0.15) is 0 Å². The van der Waals surface area contributed by atoms with Crippen LogP contribution in [0.5, 0.6) is 0 Å². The van der Waals surface area contributed by atoms with Gasteiger partial charge in [0.1, 0.15) is 5.82 Å². The van der Waals surface area contributed by atoms with Crippen LogP contribution in [0.15, 0.2) is 48.5 Å². The molecule has 1 heterocycles. The summed E-state index contributed by atoms with van der Waals surface area (Å²) >= 11 is 1.07. The molecule has 0 bridgehead atoms. The maximum Gasteiger partial charge on any atom is 0.289 e. The molecule has 1 fully saturated rings. The fraction of sp³-hybridized carbons (Fsp3) is 0.300. The molecule has 5 heteroatoms. The van der Waals surface area contributed by atoms with Gasteiger partial charge in [-0.25, -0.2) is 4.39 Å². The lowest BCUT2D eigenvalue weighted by molar-refractivity contribution is -0.127. The number of amides is 2. The molecule has 1 saturated heterocycles. The third-order valence-electron chi connectivity index (χ3n) is 4.33. The van der Waals surface area contributed by atoms with Crippen LogP contribution in [0.2, 0.25) is 0 Å². The Balaban J connectivity index is 1.67. The second-order valence-electron chi connectivity index (χ2n) is 6.52. The predicted octanol–water partition coefficient (Wildman–Crippen LogP) is 4.76. The number of nitrogens with zero attached hydrogens (tertiary/aromatic N) is 1. The number of halogens is 1. The van der Waals surface area contributed by atoms with Crippen molar-refractivity contribution in [3.63, 3.8) is 0 Å². The Morgan fingerprint density at radius 3 is 2.20 bits per heavy atom. The van der Waals surface area contributed by atoms with Crippen LogP contribution in [0.3, 0.4) is 0 Å². The van der Waals surface area contributed by atoms with E-state index in [2.05, 4.69) is 26.0 Å². The van der Waals surface area contributed by atoms with E-state index in [1.54, 1.807) is 12.1 Å². The Kier molecular flexibility index (Phi) is 5.23. The first-order valence-electron chi connectivity index (χ1n) is 8.29. The molecule has 0 aromatic heterocycles. The number of carbonyl (C=O) groups excluding carboxylic acids is 2. The van der Waals surface area contributed by atoms with Crippen LogP contribution in [0.4, 0.5) is 9.18 Å². The smallest absolute Gasteiger partial charge is 0.273 e. The molecule has 3 nitrogen and oxygen atoms in total. The first-order chi connectivity index (χ1) is 11.9. The Bertz CT molecular complexity index is 771. The number of imide groups is 1. The molecule has 0 saturated carbocycles. The minimum atomic E-state index is -0.391. The minimum Gasteiger partial charge on any atom is -0.273 e. The molecule has 2 aromatic rings. The van der Waals surface area contributed by atoms with Crippen molar-refractivity contribution < 1.29 is 14.0 Å². The van der Waals surface area contributed by atoms with E-state index < -0.39 is 5.25 Å². The first kappa shape index (κ1) is 17.7. The SMILES string of the molecule is CC(C)c1ccc(C[C@@H]2SC(=O)N(Cc3ccc(F)cc3)C2=O)cc1. The van der Waals surface area contributed by atoms with Crippen LogP contribution in [-0.2, 0) is 17.8 Å². The van der Waals surface area contributed by atoms with Crippen LogP contribution >= 0.6 is 11.8 Å². The van der Waals surface area contributed by atoms with Crippen LogP contribution in [0.1, 0.15) is 36.5 Å². The normalized spacial score (nSPS) is 17.6. The third-order valence-corrected chi connectivity index (χ3v) is 5.40. The fourth-order valence-electron chi connectivity index (χ4n) is 2.80. The molecule has 1 aliphatic rings. The molecule has 1 atom stereocenters. The van der Waals surface area contributed by atoms with Crippen molar-refractivity contribution in [3.8, 4) is 0 Å². The number of hydrogen-bond acceptors (Lipinski definition) is 3. The summed E-state index contributed by atoms with van der Waals surface area (Å²) in [6.07, 6.45) is 0.535. The third kappa shape index (κ3) is 4.10. The lowest BCUT2D eigenvalue weighted by Gasteiger charge is -2.14. The van der Waals surface area contributed by atoms with Crippen molar-refractivity contribution >= 4 is 22.9 Å². The average molecular weight is 357 g/mol. The van der Waals surface area contributed by atoms with E-state index in [0.29, 0.717) is 12.3 Å². The van der Waals surface area contributed by atoms with Crippen molar-refractivity contribution in [2.45, 2.75) is 38.0 Å². The van der Waals surface area contributed by atoms with Gasteiger partial charge < -0.3 is 0 Å². The van der Waals surface area contributed by atoms with Gasteiger partial charge in [0.05, 0.1) is 11.8 Å². The highest BCUT2D eigenvalue weighted by Crippen LogP contribution is 2.31. The lowest BCUT2D eigenvalue weighted by atomic mass is 10.00. The van der Waals surface area contributed by atoms with E-state index in [1.165, 1.54) is 22.6 Å². The van der Waals surface area contributed by atoms with E-state index >= 15 is 0 Å². The summed E-state index contributed by atoms with van der Waals surface area (Å²) in [6.45, 7) is 4.46. The van der Waals surface area contributed by atoms with Crippen LogP contribution in [0.25, 0.3) is 0 Å². The van der Waals surface area contributed by atoms with Crippen molar-refractivity contribution in [2.24, 2.45) is 0 Å². The van der Waals surface area contributed by atoms with Gasteiger partial charge in [0, 0.05) is 0 Å². The molecule has 0 radical (unpaired) electrons. The largest absolute Gasteiger partial charge is 0.289 e. The Hall–Kier alpha value is -2.14. The fourth-order valence-corrected chi connectivity index (χ4v) is 3.83. The highest BCUT2D eigenvalue weighted by molar-refractivity contribution is 8.15. The average Bonchev–Trinajstić information content (AvgIpc) is 2.85. The summed E-state index contributed by atoms with van der Waals surface area (Å²) in [5, 5.41) is -0.629. The number of rotatable bonds is 5. The van der Waals surface area contributed by atoms with Crippen LogP contribution in [-0.4, -0.2) is 21.3 Å². The van der Waals surface area contributed by atoms with Crippen molar-refractivity contribution in [2.75, 3.05) is 0 Å². The van der Waals surface area contributed by atoms with E-state index in [4.69, 9.17) is 0 Å². The first-order valence-corrected chi connectivity index (χ1v) is 9.17. The van der Waals surface area contributed by atoms with E-state index in [1.807, 2.05) is 12.1 Å². The van der Waals surface area contributed by atoms with E-state index in [-0.39, 0.29) is 23.5 Å². The van der Waals surface area contributed by atoms with Crippen LogP contribution in [0, 0.1) is 5.82 Å². The molecule has 0 unspecified atom stereocenters. The minimum absolute atomic E-state index is 0.174. The zero-order chi connectivity index (χ0) is 18.0. The molecule has 2 amide bonds. The summed E-state index contributed by atoms with van der Waals surface area (Å²) in [5.41, 5.74) is 3.04. The summed E-state index contributed by atoms with van der Waals surface area (Å²) in [4.78, 5) is 26.0. The second kappa shape index (κ2) is 7.40. The zero-order valence-corrected chi connectivity index (χ0v) is 15.1. The van der Waals surface area contributed by atoms with Gasteiger partial charge in [-0.05, 0) is 41.2 Å². The van der Waals surface area contributed by atoms with Crippen LogP contribution < -0.4 is 0 Å². The maximum absolute atomic E-state index is 13.0. The number of thioether (sulfide) groups is 1. The summed E-state index contributed by atoms with van der Waals surface area (Å²) in [6, 6.07) is 14.1. The molecule has 1 aliphatic heterocycles. The van der Waals surface area contributed by atoms with E-state index in [0.717, 1.165) is 22.9 Å². The summed E-state index contributed by atoms with van der Waals surface area (Å²) < 4.78 is 13.0. The number of carbonyl (C=O) groups is 2. The van der Waals surface area contributed by atoms with Crippen molar-refractivity contribution in [1.29, 1.82) is 0 Å². The van der Waals surface area contributed by atoms with Gasteiger partial charge in [0.25, 0.3) is 5.24 Å². The highest BCUT2D eigenvalue weighted by atomic mass is 32.2. The van der Waals surface area contributed by atoms with Gasteiger partial charge in [-0.15, -0.1) is 0 Å². The Labute approximate surface area is 151 Å². The molecule has 25 heavy (non-hydrogen) atoms. The topological polar surface area (TPSA) is 37.4 Å². The van der Waals surface area contributed by atoms with Gasteiger partial charge >= 0.3 is 0 Å². The van der Waals surface area contributed by atoms with Gasteiger partial charge in [-0.1, -0.05) is 62.0 Å². The van der Waals surface area contributed by atoms with Gasteiger partial charge in [0.2, 0.25) is 5.91 Å². The second-order valence-corrected chi connectivity index (χ2v) is 7.68. The molecular weight excluding hydrogens is 337 g/mol. The summed E-state index contributed by atoms with van der Waals surface area (Å²) in [5.74, 6) is -0.0449. The lowest BCUT2D eigenvalue weighted by Crippen LogP contribution is -2.31. The molecule has 3 rings (SSSR count). The van der Waals surface area contributed by atoms with Gasteiger partial charge in [0.15, 0.2) is 0 Å². The molecule has 0 aliphatic carbocycles. The Morgan fingerprint density at radius 1 is 1.00 bits per heavy atom. The standard InChI is InChI=1S/C20H20FNO2S/c1-13(2)16-7-3-14(4-8-16)11-18-19(23)22(20(24)25-18)12-15-5-9-17(21)10-6-15/h3-10,13,18H,11-12H2,1-2H3/t18-/m0/s1. The molecular formula is C20H20FNO2S. The Morgan fingerprint density at radius 2 is 1.60 bits per heavy atom. The van der Waals surface area contributed by atoms with E-state index in [9.17, 15) is 14.0 Å². The monoisotopic (exact) mass is 357 g/mol. The molecule has 0 spiro atoms. The van der Waals surface area contributed by atoms with Gasteiger partial charge in [-0.3, -0.25) is 14.5 Å². The number of benzene rings is 2. The highest BCUT2D eigenvalue weighted by Gasteiger charge is 2.39. The molecule has 0 N–H and O–H groups in total. The predicted molar refractivity (Wildman–Crippen MR) is 98.0 cm³/mol. The zero-order valence-electron chi connectivity index (χ0n) is 14.2. The molecule has 2 aromatic carbocycles. The summed E-state index contributed by atoms with van der Waals surface area (Å²) in [7, 11) is 0. The maximum atomic E-state index is 13.0. The van der Waals surface area contributed by atoms with Crippen molar-refractivity contribution in [1.82, 2.24) is 4.90 Å². The quantitative estimate of drug-likeness (QED) is 0.774.